The van der Waals surface area contributed by atoms with Crippen molar-refractivity contribution in [2.24, 2.45) is 0 Å². The summed E-state index contributed by atoms with van der Waals surface area (Å²) in [6.45, 7) is 0. The van der Waals surface area contributed by atoms with E-state index in [0.717, 1.165) is 0 Å². The standard InChI is InChI=1S/C6H7NO2S/c1-10-4-5(8)6-7-2-3-9-6/h2-3H,4H2,1H3. The molecule has 1 heterocycles. The first-order chi connectivity index (χ1) is 4.84. The molecule has 0 radical (unpaired) electrons. The van der Waals surface area contributed by atoms with E-state index in [2.05, 4.69) is 4.98 Å². The molecule has 0 saturated heterocycles. The zero-order chi connectivity index (χ0) is 7.40. The minimum Gasteiger partial charge on any atom is -0.442 e. The first-order valence-electron chi connectivity index (χ1n) is 2.76. The molecule has 0 bridgehead atoms. The molecule has 0 atom stereocenters. The van der Waals surface area contributed by atoms with Crippen LogP contribution in [0.5, 0.6) is 0 Å². The van der Waals surface area contributed by atoms with Gasteiger partial charge < -0.3 is 4.42 Å². The summed E-state index contributed by atoms with van der Waals surface area (Å²) in [5, 5.41) is 0. The number of oxazole rings is 1. The van der Waals surface area contributed by atoms with Gasteiger partial charge in [0, 0.05) is 0 Å². The third kappa shape index (κ3) is 1.60. The zero-order valence-electron chi connectivity index (χ0n) is 5.53. The van der Waals surface area contributed by atoms with E-state index in [4.69, 9.17) is 4.42 Å². The van der Waals surface area contributed by atoms with Crippen LogP contribution >= 0.6 is 11.8 Å². The van der Waals surface area contributed by atoms with E-state index in [9.17, 15) is 4.79 Å². The molecule has 10 heavy (non-hydrogen) atoms. The molecule has 0 saturated carbocycles. The number of rotatable bonds is 3. The fourth-order valence-corrected chi connectivity index (χ4v) is 0.940. The molecule has 0 aliphatic carbocycles. The van der Waals surface area contributed by atoms with Gasteiger partial charge in [-0.3, -0.25) is 4.79 Å². The lowest BCUT2D eigenvalue weighted by molar-refractivity contribution is 0.0986. The van der Waals surface area contributed by atoms with Gasteiger partial charge in [-0.25, -0.2) is 4.98 Å². The minimum atomic E-state index is -0.0579. The van der Waals surface area contributed by atoms with Crippen LogP contribution in [0.25, 0.3) is 0 Å². The van der Waals surface area contributed by atoms with Crippen molar-refractivity contribution in [2.75, 3.05) is 12.0 Å². The van der Waals surface area contributed by atoms with E-state index >= 15 is 0 Å². The van der Waals surface area contributed by atoms with Crippen LogP contribution in [-0.4, -0.2) is 22.8 Å². The topological polar surface area (TPSA) is 43.1 Å². The summed E-state index contributed by atoms with van der Waals surface area (Å²) >= 11 is 1.46. The molecule has 0 unspecified atom stereocenters. The molecule has 1 rings (SSSR count). The fraction of sp³-hybridized carbons (Fsp3) is 0.333. The number of hydrogen-bond acceptors (Lipinski definition) is 4. The molecular weight excluding hydrogens is 150 g/mol. The molecule has 1 aromatic rings. The Hall–Kier alpha value is -0.770. The van der Waals surface area contributed by atoms with Gasteiger partial charge in [0.15, 0.2) is 0 Å². The first kappa shape index (κ1) is 7.34. The molecule has 54 valence electrons. The number of carbonyl (C=O) groups excluding carboxylic acids is 1. The number of ketones is 1. The van der Waals surface area contributed by atoms with Gasteiger partial charge in [-0.05, 0) is 6.26 Å². The second-order valence-corrected chi connectivity index (χ2v) is 2.56. The van der Waals surface area contributed by atoms with Gasteiger partial charge in [-0.15, -0.1) is 0 Å². The van der Waals surface area contributed by atoms with E-state index < -0.39 is 0 Å². The second-order valence-electron chi connectivity index (χ2n) is 1.69. The van der Waals surface area contributed by atoms with Gasteiger partial charge in [-0.2, -0.15) is 11.8 Å². The van der Waals surface area contributed by atoms with E-state index in [1.807, 2.05) is 6.26 Å². The van der Waals surface area contributed by atoms with Crippen LogP contribution in [0, 0.1) is 0 Å². The maximum Gasteiger partial charge on any atom is 0.263 e. The van der Waals surface area contributed by atoms with Crippen molar-refractivity contribution in [1.82, 2.24) is 4.98 Å². The van der Waals surface area contributed by atoms with Crippen molar-refractivity contribution < 1.29 is 9.21 Å². The van der Waals surface area contributed by atoms with Crippen molar-refractivity contribution in [3.8, 4) is 0 Å². The maximum atomic E-state index is 10.9. The molecule has 0 amide bonds. The Balaban J connectivity index is 2.59. The molecule has 3 nitrogen and oxygen atoms in total. The van der Waals surface area contributed by atoms with Crippen molar-refractivity contribution >= 4 is 17.5 Å². The number of thioether (sulfide) groups is 1. The summed E-state index contributed by atoms with van der Waals surface area (Å²) in [4.78, 5) is 14.6. The lowest BCUT2D eigenvalue weighted by atomic mass is 10.4. The first-order valence-corrected chi connectivity index (χ1v) is 4.15. The molecule has 0 aliphatic rings. The van der Waals surface area contributed by atoms with Crippen molar-refractivity contribution in [2.45, 2.75) is 0 Å². The summed E-state index contributed by atoms with van der Waals surface area (Å²) in [7, 11) is 0. The van der Waals surface area contributed by atoms with Crippen LogP contribution < -0.4 is 0 Å². The molecule has 0 fully saturated rings. The van der Waals surface area contributed by atoms with Gasteiger partial charge >= 0.3 is 0 Å². The Bertz CT molecular complexity index is 208. The number of nitrogens with zero attached hydrogens (tertiary/aromatic N) is 1. The average Bonchev–Trinajstić information content (AvgIpc) is 2.38. The Kier molecular flexibility index (Phi) is 2.50. The van der Waals surface area contributed by atoms with Crippen molar-refractivity contribution in [1.29, 1.82) is 0 Å². The highest BCUT2D eigenvalue weighted by Gasteiger charge is 2.07. The zero-order valence-corrected chi connectivity index (χ0v) is 6.35. The lowest BCUT2D eigenvalue weighted by Crippen LogP contribution is -2.01. The largest absolute Gasteiger partial charge is 0.442 e. The van der Waals surface area contributed by atoms with Gasteiger partial charge in [0.25, 0.3) is 5.89 Å². The monoisotopic (exact) mass is 157 g/mol. The van der Waals surface area contributed by atoms with Gasteiger partial charge in [0.2, 0.25) is 5.78 Å². The molecule has 0 aliphatic heterocycles. The fourth-order valence-electron chi connectivity index (χ4n) is 0.554. The molecule has 1 aromatic heterocycles. The Morgan fingerprint density at radius 2 is 2.70 bits per heavy atom. The third-order valence-corrected chi connectivity index (χ3v) is 1.50. The summed E-state index contributed by atoms with van der Waals surface area (Å²) in [6, 6.07) is 0. The van der Waals surface area contributed by atoms with E-state index in [1.165, 1.54) is 24.2 Å². The van der Waals surface area contributed by atoms with Gasteiger partial charge in [0.1, 0.15) is 6.26 Å². The highest BCUT2D eigenvalue weighted by molar-refractivity contribution is 7.99. The maximum absolute atomic E-state index is 10.9. The minimum absolute atomic E-state index is 0.0579. The molecular formula is C6H7NO2S. The van der Waals surface area contributed by atoms with E-state index in [-0.39, 0.29) is 11.7 Å². The van der Waals surface area contributed by atoms with Crippen LogP contribution in [0.4, 0.5) is 0 Å². The third-order valence-electron chi connectivity index (χ3n) is 0.946. The summed E-state index contributed by atoms with van der Waals surface area (Å²) < 4.78 is 4.77. The highest BCUT2D eigenvalue weighted by Crippen LogP contribution is 2.01. The Labute approximate surface area is 62.8 Å². The van der Waals surface area contributed by atoms with E-state index in [0.29, 0.717) is 5.75 Å². The van der Waals surface area contributed by atoms with Gasteiger partial charge in [-0.1, -0.05) is 0 Å². The smallest absolute Gasteiger partial charge is 0.263 e. The number of carbonyl (C=O) groups is 1. The number of hydrogen-bond donors (Lipinski definition) is 0. The predicted octanol–water partition coefficient (Wildman–Crippen LogP) is 1.22. The number of Topliss-reactive ketones (excluding diaryl/α,β-unsaturated/α-hetero) is 1. The highest BCUT2D eigenvalue weighted by atomic mass is 32.2. The Morgan fingerprint density at radius 1 is 1.90 bits per heavy atom. The van der Waals surface area contributed by atoms with Crippen LogP contribution in [0.2, 0.25) is 0 Å². The molecule has 0 N–H and O–H groups in total. The second kappa shape index (κ2) is 3.41. The SMILES string of the molecule is CSCC(=O)c1ncco1. The number of aromatic nitrogens is 1. The van der Waals surface area contributed by atoms with Crippen LogP contribution in [0.15, 0.2) is 16.9 Å². The molecule has 0 aromatic carbocycles. The lowest BCUT2D eigenvalue weighted by Gasteiger charge is -1.88. The van der Waals surface area contributed by atoms with Crippen LogP contribution in [-0.2, 0) is 0 Å². The normalized spacial score (nSPS) is 9.70. The average molecular weight is 157 g/mol. The summed E-state index contributed by atoms with van der Waals surface area (Å²) in [5.41, 5.74) is 0. The van der Waals surface area contributed by atoms with E-state index in [1.54, 1.807) is 0 Å². The van der Waals surface area contributed by atoms with Gasteiger partial charge in [0.05, 0.1) is 11.9 Å². The van der Waals surface area contributed by atoms with Crippen molar-refractivity contribution in [3.05, 3.63) is 18.4 Å². The van der Waals surface area contributed by atoms with Crippen LogP contribution in [0.1, 0.15) is 10.7 Å². The summed E-state index contributed by atoms with van der Waals surface area (Å²) in [5.74, 6) is 0.576. The quantitative estimate of drug-likeness (QED) is 0.619. The van der Waals surface area contributed by atoms with Crippen molar-refractivity contribution in [3.63, 3.8) is 0 Å². The predicted molar refractivity (Wildman–Crippen MR) is 39.2 cm³/mol. The molecule has 4 heteroatoms. The summed E-state index contributed by atoms with van der Waals surface area (Å²) in [6.07, 6.45) is 4.72. The van der Waals surface area contributed by atoms with Crippen LogP contribution in [0.3, 0.4) is 0 Å². The molecule has 0 spiro atoms. The Morgan fingerprint density at radius 3 is 3.20 bits per heavy atom.